The van der Waals surface area contributed by atoms with E-state index in [9.17, 15) is 4.79 Å². The molecule has 0 radical (unpaired) electrons. The van der Waals surface area contributed by atoms with Crippen LogP contribution in [0.5, 0.6) is 0 Å². The van der Waals surface area contributed by atoms with Gasteiger partial charge in [-0.15, -0.1) is 0 Å². The predicted molar refractivity (Wildman–Crippen MR) is 73.8 cm³/mol. The highest BCUT2D eigenvalue weighted by molar-refractivity contribution is 5.77. The van der Waals surface area contributed by atoms with Crippen LogP contribution >= 0.6 is 0 Å². The molecule has 18 heavy (non-hydrogen) atoms. The molecule has 0 aromatic heterocycles. The lowest BCUT2D eigenvalue weighted by Gasteiger charge is -2.27. The standard InChI is InChI=1S/C16H21NO/c1-2-16(18)17(15-11-7-4-8-12-15)13-14-9-5-3-6-10-14/h3,5-6,9-11H,2,4,7-8,12-13H2,1H3. The van der Waals surface area contributed by atoms with Gasteiger partial charge >= 0.3 is 0 Å². The third-order valence-corrected chi connectivity index (χ3v) is 3.40. The highest BCUT2D eigenvalue weighted by Gasteiger charge is 2.18. The average molecular weight is 243 g/mol. The molecule has 0 saturated carbocycles. The summed E-state index contributed by atoms with van der Waals surface area (Å²) < 4.78 is 0. The van der Waals surface area contributed by atoms with Crippen LogP contribution in [-0.4, -0.2) is 10.8 Å². The maximum atomic E-state index is 12.1. The first kappa shape index (κ1) is 12.9. The van der Waals surface area contributed by atoms with E-state index < -0.39 is 0 Å². The van der Waals surface area contributed by atoms with Gasteiger partial charge in [0.25, 0.3) is 0 Å². The zero-order chi connectivity index (χ0) is 12.8. The van der Waals surface area contributed by atoms with Gasteiger partial charge in [-0.05, 0) is 31.2 Å². The minimum atomic E-state index is 0.229. The smallest absolute Gasteiger partial charge is 0.226 e. The van der Waals surface area contributed by atoms with Crippen molar-refractivity contribution in [3.63, 3.8) is 0 Å². The van der Waals surface area contributed by atoms with Gasteiger partial charge in [0, 0.05) is 12.1 Å². The fourth-order valence-corrected chi connectivity index (χ4v) is 2.37. The molecule has 0 aliphatic heterocycles. The Kier molecular flexibility index (Phi) is 4.57. The van der Waals surface area contributed by atoms with Gasteiger partial charge in [-0.25, -0.2) is 0 Å². The average Bonchev–Trinajstić information content (AvgIpc) is 2.46. The second kappa shape index (κ2) is 6.39. The van der Waals surface area contributed by atoms with Crippen LogP contribution in [-0.2, 0) is 11.3 Å². The van der Waals surface area contributed by atoms with Crippen molar-refractivity contribution in [3.8, 4) is 0 Å². The fourth-order valence-electron chi connectivity index (χ4n) is 2.37. The van der Waals surface area contributed by atoms with Crippen LogP contribution in [0.4, 0.5) is 0 Å². The Labute approximate surface area is 109 Å². The van der Waals surface area contributed by atoms with Crippen LogP contribution in [0.1, 0.15) is 44.6 Å². The maximum absolute atomic E-state index is 12.1. The van der Waals surface area contributed by atoms with Crippen molar-refractivity contribution >= 4 is 5.91 Å². The molecule has 0 atom stereocenters. The molecule has 1 aliphatic rings. The fraction of sp³-hybridized carbons (Fsp3) is 0.438. The summed E-state index contributed by atoms with van der Waals surface area (Å²) in [5.74, 6) is 0.229. The van der Waals surface area contributed by atoms with E-state index in [2.05, 4.69) is 18.2 Å². The molecule has 96 valence electrons. The number of nitrogens with zero attached hydrogens (tertiary/aromatic N) is 1. The zero-order valence-corrected chi connectivity index (χ0v) is 11.1. The molecule has 0 fully saturated rings. The number of rotatable bonds is 4. The second-order valence-corrected chi connectivity index (χ2v) is 4.76. The van der Waals surface area contributed by atoms with Gasteiger partial charge in [-0.3, -0.25) is 4.79 Å². The van der Waals surface area contributed by atoms with Gasteiger partial charge in [0.15, 0.2) is 0 Å². The highest BCUT2D eigenvalue weighted by atomic mass is 16.2. The number of carbonyl (C=O) groups excluding carboxylic acids is 1. The molecule has 1 amide bonds. The molecule has 2 rings (SSSR count). The van der Waals surface area contributed by atoms with Crippen molar-refractivity contribution in [1.29, 1.82) is 0 Å². The van der Waals surface area contributed by atoms with Gasteiger partial charge in [-0.2, -0.15) is 0 Å². The minimum Gasteiger partial charge on any atom is -0.312 e. The molecular formula is C16H21NO. The van der Waals surface area contributed by atoms with E-state index in [4.69, 9.17) is 0 Å². The third kappa shape index (κ3) is 3.22. The van der Waals surface area contributed by atoms with Gasteiger partial charge in [0.05, 0.1) is 6.54 Å². The maximum Gasteiger partial charge on any atom is 0.226 e. The van der Waals surface area contributed by atoms with Crippen molar-refractivity contribution in [1.82, 2.24) is 4.90 Å². The van der Waals surface area contributed by atoms with Crippen LogP contribution in [0.2, 0.25) is 0 Å². The topological polar surface area (TPSA) is 20.3 Å². The molecule has 1 aromatic carbocycles. The normalized spacial score (nSPS) is 15.1. The summed E-state index contributed by atoms with van der Waals surface area (Å²) in [7, 11) is 0. The Morgan fingerprint density at radius 2 is 2.00 bits per heavy atom. The zero-order valence-electron chi connectivity index (χ0n) is 11.1. The molecule has 0 unspecified atom stereocenters. The van der Waals surface area contributed by atoms with E-state index in [1.165, 1.54) is 24.1 Å². The Morgan fingerprint density at radius 1 is 1.22 bits per heavy atom. The van der Waals surface area contributed by atoms with Gasteiger partial charge in [0.1, 0.15) is 0 Å². The number of hydrogen-bond donors (Lipinski definition) is 0. The number of hydrogen-bond acceptors (Lipinski definition) is 1. The molecule has 1 aromatic rings. The van der Waals surface area contributed by atoms with Crippen molar-refractivity contribution in [3.05, 3.63) is 47.7 Å². The first-order chi connectivity index (χ1) is 8.81. The minimum absolute atomic E-state index is 0.229. The number of allylic oxidation sites excluding steroid dienone is 2. The van der Waals surface area contributed by atoms with Gasteiger partial charge < -0.3 is 4.90 Å². The monoisotopic (exact) mass is 243 g/mol. The van der Waals surface area contributed by atoms with E-state index in [-0.39, 0.29) is 5.91 Å². The summed E-state index contributed by atoms with van der Waals surface area (Å²) in [5.41, 5.74) is 2.42. The van der Waals surface area contributed by atoms with Crippen LogP contribution in [0, 0.1) is 0 Å². The molecule has 0 N–H and O–H groups in total. The number of amides is 1. The van der Waals surface area contributed by atoms with Crippen molar-refractivity contribution < 1.29 is 4.79 Å². The summed E-state index contributed by atoms with van der Waals surface area (Å²) in [6, 6.07) is 10.2. The SMILES string of the molecule is CCC(=O)N(Cc1ccccc1)C1=CCCCC1. The molecule has 0 bridgehead atoms. The van der Waals surface area contributed by atoms with Crippen molar-refractivity contribution in [2.75, 3.05) is 0 Å². The predicted octanol–water partition coefficient (Wildman–Crippen LogP) is 3.88. The Morgan fingerprint density at radius 3 is 2.61 bits per heavy atom. The van der Waals surface area contributed by atoms with Gasteiger partial charge in [0.2, 0.25) is 5.91 Å². The van der Waals surface area contributed by atoms with Crippen LogP contribution in [0.3, 0.4) is 0 Å². The first-order valence-corrected chi connectivity index (χ1v) is 6.84. The lowest BCUT2D eigenvalue weighted by atomic mass is 10.0. The summed E-state index contributed by atoms with van der Waals surface area (Å²) >= 11 is 0. The molecular weight excluding hydrogens is 222 g/mol. The lowest BCUT2D eigenvalue weighted by molar-refractivity contribution is -0.129. The van der Waals surface area contributed by atoms with Crippen LogP contribution in [0.25, 0.3) is 0 Å². The first-order valence-electron chi connectivity index (χ1n) is 6.84. The number of carbonyl (C=O) groups is 1. The van der Waals surface area contributed by atoms with E-state index in [0.717, 1.165) is 12.8 Å². The molecule has 1 aliphatic carbocycles. The summed E-state index contributed by atoms with van der Waals surface area (Å²) in [5, 5.41) is 0. The summed E-state index contributed by atoms with van der Waals surface area (Å²) in [6.07, 6.45) is 7.41. The van der Waals surface area contributed by atoms with Crippen molar-refractivity contribution in [2.24, 2.45) is 0 Å². The molecule has 0 saturated heterocycles. The van der Waals surface area contributed by atoms with Gasteiger partial charge in [-0.1, -0.05) is 43.3 Å². The Balaban J connectivity index is 2.15. The Hall–Kier alpha value is -1.57. The summed E-state index contributed by atoms with van der Waals surface area (Å²) in [4.78, 5) is 14.1. The largest absolute Gasteiger partial charge is 0.312 e. The third-order valence-electron chi connectivity index (χ3n) is 3.40. The quantitative estimate of drug-likeness (QED) is 0.785. The molecule has 0 heterocycles. The number of benzene rings is 1. The molecule has 2 heteroatoms. The lowest BCUT2D eigenvalue weighted by Crippen LogP contribution is -2.30. The molecule has 2 nitrogen and oxygen atoms in total. The van der Waals surface area contributed by atoms with E-state index in [1.807, 2.05) is 30.0 Å². The van der Waals surface area contributed by atoms with E-state index in [1.54, 1.807) is 0 Å². The Bertz CT molecular complexity index is 422. The van der Waals surface area contributed by atoms with Crippen LogP contribution in [0.15, 0.2) is 42.1 Å². The van der Waals surface area contributed by atoms with Crippen LogP contribution < -0.4 is 0 Å². The highest BCUT2D eigenvalue weighted by Crippen LogP contribution is 2.23. The van der Waals surface area contributed by atoms with E-state index >= 15 is 0 Å². The molecule has 0 spiro atoms. The summed E-state index contributed by atoms with van der Waals surface area (Å²) in [6.45, 7) is 2.64. The van der Waals surface area contributed by atoms with Crippen molar-refractivity contribution in [2.45, 2.75) is 45.6 Å². The van der Waals surface area contributed by atoms with E-state index in [0.29, 0.717) is 13.0 Å². The second-order valence-electron chi connectivity index (χ2n) is 4.76.